The van der Waals surface area contributed by atoms with E-state index < -0.39 is 0 Å². The van der Waals surface area contributed by atoms with Crippen LogP contribution in [0.2, 0.25) is 5.02 Å². The monoisotopic (exact) mass is 395 g/mol. The summed E-state index contributed by atoms with van der Waals surface area (Å²) >= 11 is 6.11. The first-order valence-corrected chi connectivity index (χ1v) is 9.39. The number of anilines is 3. The second kappa shape index (κ2) is 7.92. The SMILES string of the molecule is N#Cc1ccc(Nc2ncnc3cnc(NC4CCC(O)CC4)nc23)cc1Cl. The Morgan fingerprint density at radius 3 is 2.71 bits per heavy atom. The van der Waals surface area contributed by atoms with Gasteiger partial charge in [0.2, 0.25) is 5.95 Å². The molecule has 4 rings (SSSR count). The molecule has 0 bridgehead atoms. The molecule has 28 heavy (non-hydrogen) atoms. The zero-order valence-corrected chi connectivity index (χ0v) is 15.7. The molecule has 1 saturated carbocycles. The first-order chi connectivity index (χ1) is 13.6. The van der Waals surface area contributed by atoms with Crippen molar-refractivity contribution >= 4 is 40.1 Å². The summed E-state index contributed by atoms with van der Waals surface area (Å²) < 4.78 is 0. The van der Waals surface area contributed by atoms with Gasteiger partial charge < -0.3 is 15.7 Å². The van der Waals surface area contributed by atoms with Crippen molar-refractivity contribution in [3.8, 4) is 6.07 Å². The van der Waals surface area contributed by atoms with Gasteiger partial charge in [-0.2, -0.15) is 5.26 Å². The van der Waals surface area contributed by atoms with E-state index in [1.165, 1.54) is 6.33 Å². The van der Waals surface area contributed by atoms with Crippen LogP contribution in [0.5, 0.6) is 0 Å². The molecule has 2 heterocycles. The van der Waals surface area contributed by atoms with E-state index in [9.17, 15) is 5.11 Å². The van der Waals surface area contributed by atoms with Crippen LogP contribution < -0.4 is 10.6 Å². The van der Waals surface area contributed by atoms with E-state index in [0.717, 1.165) is 25.7 Å². The van der Waals surface area contributed by atoms with Gasteiger partial charge in [0.15, 0.2) is 5.82 Å². The van der Waals surface area contributed by atoms with Crippen LogP contribution in [0.4, 0.5) is 17.5 Å². The van der Waals surface area contributed by atoms with E-state index in [4.69, 9.17) is 16.9 Å². The van der Waals surface area contributed by atoms with Crippen molar-refractivity contribution in [1.82, 2.24) is 19.9 Å². The summed E-state index contributed by atoms with van der Waals surface area (Å²) in [7, 11) is 0. The summed E-state index contributed by atoms with van der Waals surface area (Å²) in [6.07, 6.45) is 6.20. The molecule has 0 aliphatic heterocycles. The zero-order valence-electron chi connectivity index (χ0n) is 14.9. The second-order valence-electron chi connectivity index (χ2n) is 6.73. The van der Waals surface area contributed by atoms with Gasteiger partial charge in [0.05, 0.1) is 22.9 Å². The van der Waals surface area contributed by atoms with Crippen molar-refractivity contribution in [2.24, 2.45) is 0 Å². The third-order valence-corrected chi connectivity index (χ3v) is 5.07. The van der Waals surface area contributed by atoms with Crippen LogP contribution in [0.25, 0.3) is 11.0 Å². The molecule has 9 heteroatoms. The minimum atomic E-state index is -0.209. The van der Waals surface area contributed by atoms with Crippen molar-refractivity contribution < 1.29 is 5.11 Å². The van der Waals surface area contributed by atoms with Gasteiger partial charge in [0.1, 0.15) is 23.4 Å². The molecule has 0 radical (unpaired) electrons. The van der Waals surface area contributed by atoms with E-state index in [0.29, 0.717) is 39.1 Å². The number of hydrogen-bond donors (Lipinski definition) is 3. The molecule has 1 aliphatic carbocycles. The molecule has 3 N–H and O–H groups in total. The van der Waals surface area contributed by atoms with Crippen LogP contribution in [-0.4, -0.2) is 37.2 Å². The lowest BCUT2D eigenvalue weighted by Gasteiger charge is -2.26. The average Bonchev–Trinajstić information content (AvgIpc) is 2.70. The number of nitrogens with one attached hydrogen (secondary N) is 2. The lowest BCUT2D eigenvalue weighted by atomic mass is 9.93. The van der Waals surface area contributed by atoms with Crippen molar-refractivity contribution in [2.45, 2.75) is 37.8 Å². The highest BCUT2D eigenvalue weighted by Gasteiger charge is 2.20. The van der Waals surface area contributed by atoms with E-state index in [1.54, 1.807) is 24.4 Å². The van der Waals surface area contributed by atoms with E-state index >= 15 is 0 Å². The van der Waals surface area contributed by atoms with Gasteiger partial charge in [-0.25, -0.2) is 19.9 Å². The van der Waals surface area contributed by atoms with Gasteiger partial charge in [-0.3, -0.25) is 0 Å². The molecule has 142 valence electrons. The van der Waals surface area contributed by atoms with Gasteiger partial charge in [0.25, 0.3) is 0 Å². The van der Waals surface area contributed by atoms with Crippen LogP contribution in [-0.2, 0) is 0 Å². The van der Waals surface area contributed by atoms with Crippen LogP contribution in [0.3, 0.4) is 0 Å². The van der Waals surface area contributed by atoms with Crippen LogP contribution >= 0.6 is 11.6 Å². The summed E-state index contributed by atoms with van der Waals surface area (Å²) in [5.41, 5.74) is 2.29. The van der Waals surface area contributed by atoms with Gasteiger partial charge in [0, 0.05) is 11.7 Å². The predicted octanol–water partition coefficient (Wildman–Crippen LogP) is 3.40. The number of aliphatic hydroxyl groups is 1. The molecular weight excluding hydrogens is 378 g/mol. The zero-order chi connectivity index (χ0) is 19.5. The predicted molar refractivity (Wildman–Crippen MR) is 106 cm³/mol. The quantitative estimate of drug-likeness (QED) is 0.614. The summed E-state index contributed by atoms with van der Waals surface area (Å²) in [5, 5.41) is 25.5. The first-order valence-electron chi connectivity index (χ1n) is 9.01. The first kappa shape index (κ1) is 18.3. The minimum Gasteiger partial charge on any atom is -0.393 e. The van der Waals surface area contributed by atoms with E-state index in [1.807, 2.05) is 6.07 Å². The molecule has 0 amide bonds. The van der Waals surface area contributed by atoms with Crippen molar-refractivity contribution in [1.29, 1.82) is 5.26 Å². The lowest BCUT2D eigenvalue weighted by Crippen LogP contribution is -2.28. The van der Waals surface area contributed by atoms with E-state index in [2.05, 4.69) is 30.6 Å². The molecule has 8 nitrogen and oxygen atoms in total. The fraction of sp³-hybridized carbons (Fsp3) is 0.316. The third kappa shape index (κ3) is 3.96. The Kier molecular flexibility index (Phi) is 5.19. The van der Waals surface area contributed by atoms with Gasteiger partial charge in [-0.1, -0.05) is 11.6 Å². The standard InChI is InChI=1S/C19H18ClN7O/c20-15-7-13(2-1-11(15)8-21)25-18-17-16(23-10-24-18)9-22-19(27-17)26-12-3-5-14(28)6-4-12/h1-2,7,9-10,12,14,28H,3-6H2,(H,22,26,27)(H,23,24,25). The normalized spacial score (nSPS) is 19.2. The van der Waals surface area contributed by atoms with Gasteiger partial charge in [-0.05, 0) is 43.9 Å². The number of aromatic nitrogens is 4. The second-order valence-corrected chi connectivity index (χ2v) is 7.14. The molecular formula is C19H18ClN7O. The Hall–Kier alpha value is -3.02. The Morgan fingerprint density at radius 2 is 1.96 bits per heavy atom. The number of fused-ring (bicyclic) bond motifs is 1. The Morgan fingerprint density at radius 1 is 1.14 bits per heavy atom. The molecule has 1 aromatic carbocycles. The number of nitrogens with zero attached hydrogens (tertiary/aromatic N) is 5. The molecule has 0 atom stereocenters. The lowest BCUT2D eigenvalue weighted by molar-refractivity contribution is 0.126. The maximum absolute atomic E-state index is 9.65. The maximum atomic E-state index is 9.65. The third-order valence-electron chi connectivity index (χ3n) is 4.76. The Balaban J connectivity index is 1.60. The summed E-state index contributed by atoms with van der Waals surface area (Å²) in [4.78, 5) is 17.4. The minimum absolute atomic E-state index is 0.209. The largest absolute Gasteiger partial charge is 0.393 e. The number of rotatable bonds is 4. The Labute approximate surface area is 166 Å². The Bertz CT molecular complexity index is 1040. The topological polar surface area (TPSA) is 120 Å². The van der Waals surface area contributed by atoms with Crippen LogP contribution in [0, 0.1) is 11.3 Å². The number of aliphatic hydroxyl groups excluding tert-OH is 1. The average molecular weight is 396 g/mol. The maximum Gasteiger partial charge on any atom is 0.223 e. The molecule has 3 aromatic rings. The highest BCUT2D eigenvalue weighted by atomic mass is 35.5. The van der Waals surface area contributed by atoms with Crippen LogP contribution in [0.15, 0.2) is 30.7 Å². The summed E-state index contributed by atoms with van der Waals surface area (Å²) in [5.74, 6) is 1.03. The molecule has 2 aromatic heterocycles. The fourth-order valence-electron chi connectivity index (χ4n) is 3.24. The van der Waals surface area contributed by atoms with E-state index in [-0.39, 0.29) is 12.1 Å². The summed E-state index contributed by atoms with van der Waals surface area (Å²) in [6, 6.07) is 7.34. The summed E-state index contributed by atoms with van der Waals surface area (Å²) in [6.45, 7) is 0. The molecule has 1 fully saturated rings. The number of halogens is 1. The number of nitriles is 1. The van der Waals surface area contributed by atoms with Crippen molar-refractivity contribution in [3.63, 3.8) is 0 Å². The molecule has 0 saturated heterocycles. The molecule has 1 aliphatic rings. The number of hydrogen-bond acceptors (Lipinski definition) is 8. The molecule has 0 spiro atoms. The van der Waals surface area contributed by atoms with Gasteiger partial charge in [-0.15, -0.1) is 0 Å². The number of benzene rings is 1. The van der Waals surface area contributed by atoms with Gasteiger partial charge >= 0.3 is 0 Å². The smallest absolute Gasteiger partial charge is 0.223 e. The van der Waals surface area contributed by atoms with Crippen molar-refractivity contribution in [2.75, 3.05) is 10.6 Å². The highest BCUT2D eigenvalue weighted by molar-refractivity contribution is 6.32. The van der Waals surface area contributed by atoms with Crippen molar-refractivity contribution in [3.05, 3.63) is 41.3 Å². The highest BCUT2D eigenvalue weighted by Crippen LogP contribution is 2.26. The fourth-order valence-corrected chi connectivity index (χ4v) is 3.46. The molecule has 0 unspecified atom stereocenters. The van der Waals surface area contributed by atoms with Crippen LogP contribution in [0.1, 0.15) is 31.2 Å².